The lowest BCUT2D eigenvalue weighted by molar-refractivity contribution is -0.193. The van der Waals surface area contributed by atoms with Crippen molar-refractivity contribution >= 4 is 0 Å². The van der Waals surface area contributed by atoms with E-state index in [1.165, 1.54) is 0 Å². The Morgan fingerprint density at radius 3 is 0.979 bits per heavy atom. The minimum absolute atomic E-state index is 0.510. The molecule has 1 aliphatic rings. The number of methoxy groups -OCH3 is 4. The fourth-order valence-corrected chi connectivity index (χ4v) is 6.49. The van der Waals surface area contributed by atoms with Gasteiger partial charge in [-0.25, -0.2) is 0 Å². The summed E-state index contributed by atoms with van der Waals surface area (Å²) < 4.78 is 35.7. The first-order valence-corrected chi connectivity index (χ1v) is 15.6. The lowest BCUT2D eigenvalue weighted by Gasteiger charge is -2.42. The summed E-state index contributed by atoms with van der Waals surface area (Å²) in [6.07, 6.45) is -2.36. The van der Waals surface area contributed by atoms with E-state index in [4.69, 9.17) is 28.4 Å². The van der Waals surface area contributed by atoms with Crippen molar-refractivity contribution in [2.75, 3.05) is 28.4 Å². The van der Waals surface area contributed by atoms with Crippen LogP contribution >= 0.6 is 0 Å². The van der Waals surface area contributed by atoms with E-state index in [-0.39, 0.29) is 0 Å². The standard InChI is InChI=1S/C40H40O8/c1-38(27-9-7-6-8-10-27)47-36(39(41,28-11-19-32(43-2)20-12-28)29-13-21-33(44-3)22-14-29)37(48-38)40(42,30-15-23-34(45-4)24-16-30)31-17-25-35(46-5)26-18-31/h6-26,36-37,41-42H,1-5H3/t36-,37-/m1/s1. The normalized spacial score (nSPS) is 17.5. The predicted molar refractivity (Wildman–Crippen MR) is 182 cm³/mol. The molecule has 248 valence electrons. The van der Waals surface area contributed by atoms with Crippen LogP contribution in [0.4, 0.5) is 0 Å². The summed E-state index contributed by atoms with van der Waals surface area (Å²) in [5.74, 6) is 1.11. The van der Waals surface area contributed by atoms with Crippen LogP contribution in [0.25, 0.3) is 0 Å². The average molecular weight is 649 g/mol. The van der Waals surface area contributed by atoms with Gasteiger partial charge < -0.3 is 38.6 Å². The first-order valence-electron chi connectivity index (χ1n) is 15.6. The van der Waals surface area contributed by atoms with Crippen LogP contribution in [-0.4, -0.2) is 50.9 Å². The molecule has 0 unspecified atom stereocenters. The summed E-state index contributed by atoms with van der Waals surface area (Å²) >= 11 is 0. The van der Waals surface area contributed by atoms with Gasteiger partial charge in [0.25, 0.3) is 0 Å². The van der Waals surface area contributed by atoms with Gasteiger partial charge in [0, 0.05) is 5.56 Å². The van der Waals surface area contributed by atoms with Crippen LogP contribution in [0, 0.1) is 0 Å². The highest BCUT2D eigenvalue weighted by Gasteiger charge is 2.62. The first kappa shape index (κ1) is 33.1. The minimum Gasteiger partial charge on any atom is -0.497 e. The largest absolute Gasteiger partial charge is 0.497 e. The molecule has 0 amide bonds. The molecular weight excluding hydrogens is 608 g/mol. The van der Waals surface area contributed by atoms with Crippen molar-refractivity contribution in [2.24, 2.45) is 0 Å². The van der Waals surface area contributed by atoms with Crippen molar-refractivity contribution in [1.29, 1.82) is 0 Å². The van der Waals surface area contributed by atoms with E-state index in [1.807, 2.05) is 30.3 Å². The number of hydrogen-bond donors (Lipinski definition) is 2. The Morgan fingerprint density at radius 2 is 0.729 bits per heavy atom. The molecule has 0 aliphatic carbocycles. The lowest BCUT2D eigenvalue weighted by atomic mass is 9.72. The minimum atomic E-state index is -1.86. The third-order valence-electron chi connectivity index (χ3n) is 9.22. The molecule has 5 aromatic carbocycles. The molecule has 2 N–H and O–H groups in total. The Morgan fingerprint density at radius 1 is 0.458 bits per heavy atom. The molecule has 5 aromatic rings. The van der Waals surface area contributed by atoms with Crippen LogP contribution in [0.3, 0.4) is 0 Å². The summed E-state index contributed by atoms with van der Waals surface area (Å²) in [6.45, 7) is 1.81. The van der Waals surface area contributed by atoms with Crippen molar-refractivity contribution < 1.29 is 38.6 Å². The van der Waals surface area contributed by atoms with E-state index < -0.39 is 29.2 Å². The zero-order chi connectivity index (χ0) is 33.9. The van der Waals surface area contributed by atoms with Crippen LogP contribution in [0.1, 0.15) is 34.7 Å². The SMILES string of the molecule is COc1ccc(C(O)(c2ccc(OC)cc2)[C@@H]2OC(C)(c3ccccc3)O[C@H]2C(O)(c2ccc(OC)cc2)c2ccc(OC)cc2)cc1. The van der Waals surface area contributed by atoms with Crippen molar-refractivity contribution in [3.05, 3.63) is 155 Å². The molecule has 2 atom stereocenters. The number of benzene rings is 5. The maximum absolute atomic E-state index is 13.3. The second-order valence-corrected chi connectivity index (χ2v) is 11.8. The number of hydrogen-bond acceptors (Lipinski definition) is 8. The molecule has 6 rings (SSSR count). The quantitative estimate of drug-likeness (QED) is 0.167. The Hall–Kier alpha value is -4.86. The second kappa shape index (κ2) is 13.3. The Balaban J connectivity index is 1.63. The van der Waals surface area contributed by atoms with Crippen LogP contribution < -0.4 is 18.9 Å². The molecular formula is C40H40O8. The van der Waals surface area contributed by atoms with Gasteiger partial charge in [0.05, 0.1) is 28.4 Å². The second-order valence-electron chi connectivity index (χ2n) is 11.8. The zero-order valence-electron chi connectivity index (χ0n) is 27.6. The van der Waals surface area contributed by atoms with Gasteiger partial charge in [-0.2, -0.15) is 0 Å². The fraction of sp³-hybridized carbons (Fsp3) is 0.250. The van der Waals surface area contributed by atoms with Gasteiger partial charge in [0.1, 0.15) is 46.4 Å². The summed E-state index contributed by atoms with van der Waals surface area (Å²) in [5.41, 5.74) is -0.957. The number of rotatable bonds is 11. The summed E-state index contributed by atoms with van der Waals surface area (Å²) in [6, 6.07) is 38.1. The molecule has 1 saturated heterocycles. The smallest absolute Gasteiger partial charge is 0.193 e. The molecule has 1 aliphatic heterocycles. The molecule has 0 spiro atoms. The van der Waals surface area contributed by atoms with Gasteiger partial charge in [-0.1, -0.05) is 78.9 Å². The van der Waals surface area contributed by atoms with Crippen LogP contribution in [-0.2, 0) is 26.5 Å². The summed E-state index contributed by atoms with van der Waals surface area (Å²) in [4.78, 5) is 0. The van der Waals surface area contributed by atoms with Gasteiger partial charge in [-0.3, -0.25) is 0 Å². The molecule has 1 fully saturated rings. The van der Waals surface area contributed by atoms with Crippen molar-refractivity contribution in [2.45, 2.75) is 36.1 Å². The van der Waals surface area contributed by atoms with Crippen molar-refractivity contribution in [3.8, 4) is 23.0 Å². The lowest BCUT2D eigenvalue weighted by Crippen LogP contribution is -2.55. The average Bonchev–Trinajstić information content (AvgIpc) is 3.54. The molecule has 1 heterocycles. The van der Waals surface area contributed by atoms with Gasteiger partial charge in [-0.15, -0.1) is 0 Å². The summed E-state index contributed by atoms with van der Waals surface area (Å²) in [5, 5.41) is 26.6. The maximum atomic E-state index is 13.3. The monoisotopic (exact) mass is 648 g/mol. The van der Waals surface area contributed by atoms with Crippen LogP contribution in [0.2, 0.25) is 0 Å². The maximum Gasteiger partial charge on any atom is 0.193 e. The molecule has 0 saturated carbocycles. The Labute approximate surface area is 281 Å². The Bertz CT molecular complexity index is 1580. The summed E-state index contributed by atoms with van der Waals surface area (Å²) in [7, 11) is 6.35. The van der Waals surface area contributed by atoms with Gasteiger partial charge in [0.2, 0.25) is 0 Å². The van der Waals surface area contributed by atoms with Gasteiger partial charge in [0.15, 0.2) is 5.79 Å². The van der Waals surface area contributed by atoms with E-state index in [1.54, 1.807) is 132 Å². The highest BCUT2D eigenvalue weighted by Crippen LogP contribution is 2.53. The molecule has 8 nitrogen and oxygen atoms in total. The van der Waals surface area contributed by atoms with Crippen LogP contribution in [0.15, 0.2) is 127 Å². The zero-order valence-corrected chi connectivity index (χ0v) is 27.6. The van der Waals surface area contributed by atoms with Crippen molar-refractivity contribution in [3.63, 3.8) is 0 Å². The number of aliphatic hydroxyl groups is 2. The van der Waals surface area contributed by atoms with E-state index >= 15 is 0 Å². The predicted octanol–water partition coefficient (Wildman–Crippen LogP) is 6.55. The van der Waals surface area contributed by atoms with Gasteiger partial charge >= 0.3 is 0 Å². The molecule has 48 heavy (non-hydrogen) atoms. The van der Waals surface area contributed by atoms with Gasteiger partial charge in [-0.05, 0) is 77.7 Å². The Kier molecular flexibility index (Phi) is 9.18. The molecule has 0 aromatic heterocycles. The highest BCUT2D eigenvalue weighted by atomic mass is 16.8. The van der Waals surface area contributed by atoms with E-state index in [0.717, 1.165) is 5.56 Å². The molecule has 0 bridgehead atoms. The van der Waals surface area contributed by atoms with Crippen LogP contribution in [0.5, 0.6) is 23.0 Å². The third kappa shape index (κ3) is 5.77. The third-order valence-corrected chi connectivity index (χ3v) is 9.22. The topological polar surface area (TPSA) is 95.8 Å². The van der Waals surface area contributed by atoms with E-state index in [2.05, 4.69) is 0 Å². The highest BCUT2D eigenvalue weighted by molar-refractivity contribution is 5.47. The molecule has 0 radical (unpaired) electrons. The van der Waals surface area contributed by atoms with E-state index in [0.29, 0.717) is 45.3 Å². The van der Waals surface area contributed by atoms with E-state index in [9.17, 15) is 10.2 Å². The van der Waals surface area contributed by atoms with Crippen molar-refractivity contribution in [1.82, 2.24) is 0 Å². The number of ether oxygens (including phenoxy) is 6. The fourth-order valence-electron chi connectivity index (χ4n) is 6.49. The molecule has 8 heteroatoms. The first-order chi connectivity index (χ1) is 23.2.